The fourth-order valence-electron chi connectivity index (χ4n) is 9.23. The molecule has 0 saturated heterocycles. The number of para-hydroxylation sites is 2. The maximum Gasteiger partial charge on any atom is 0.143 e. The molecule has 1 heteroatoms. The number of hydrogen-bond donors (Lipinski definition) is 0. The number of benzene rings is 9. The first-order valence-corrected chi connectivity index (χ1v) is 18.2. The van der Waals surface area contributed by atoms with Gasteiger partial charge in [0, 0.05) is 21.8 Å². The van der Waals surface area contributed by atoms with Gasteiger partial charge in [0.25, 0.3) is 0 Å². The molecule has 0 saturated carbocycles. The molecule has 10 aromatic rings. The topological polar surface area (TPSA) is 13.1 Å². The van der Waals surface area contributed by atoms with Gasteiger partial charge in [-0.2, -0.15) is 0 Å². The van der Waals surface area contributed by atoms with Gasteiger partial charge in [-0.1, -0.05) is 159 Å². The molecule has 1 aliphatic rings. The maximum absolute atomic E-state index is 6.49. The Kier molecular flexibility index (Phi) is 6.08. The number of rotatable bonds is 3. The molecule has 244 valence electrons. The molecular weight excluding hydrogens is 629 g/mol. The maximum atomic E-state index is 6.49. The summed E-state index contributed by atoms with van der Waals surface area (Å²) >= 11 is 0. The Bertz CT molecular complexity index is 3040. The highest BCUT2D eigenvalue weighted by molar-refractivity contribution is 6.23. The predicted octanol–water partition coefficient (Wildman–Crippen LogP) is 14.4. The van der Waals surface area contributed by atoms with Crippen LogP contribution in [0.15, 0.2) is 174 Å². The molecule has 0 N–H and O–H groups in total. The molecule has 0 fully saturated rings. The smallest absolute Gasteiger partial charge is 0.143 e. The molecular formula is C51H34O. The minimum atomic E-state index is -0.112. The van der Waals surface area contributed by atoms with E-state index in [4.69, 9.17) is 4.42 Å². The van der Waals surface area contributed by atoms with Gasteiger partial charge in [-0.25, -0.2) is 0 Å². The average molecular weight is 663 g/mol. The SMILES string of the molecule is CC1(C)c2cc3ccccc3cc2-c2c(-c3c4ccccc4c(-c4cccc(-c5cccc6c5oc5ccccc56)c4)c4ccccc34)cccc21. The lowest BCUT2D eigenvalue weighted by Crippen LogP contribution is -2.14. The van der Waals surface area contributed by atoms with Crippen molar-refractivity contribution in [3.05, 3.63) is 181 Å². The van der Waals surface area contributed by atoms with Crippen molar-refractivity contribution in [2.45, 2.75) is 19.3 Å². The Morgan fingerprint density at radius 1 is 0.365 bits per heavy atom. The van der Waals surface area contributed by atoms with Gasteiger partial charge >= 0.3 is 0 Å². The van der Waals surface area contributed by atoms with Crippen LogP contribution < -0.4 is 0 Å². The Morgan fingerprint density at radius 2 is 0.923 bits per heavy atom. The minimum absolute atomic E-state index is 0.112. The highest BCUT2D eigenvalue weighted by Crippen LogP contribution is 2.55. The van der Waals surface area contributed by atoms with Crippen LogP contribution in [0, 0.1) is 0 Å². The first-order valence-electron chi connectivity index (χ1n) is 18.2. The van der Waals surface area contributed by atoms with Gasteiger partial charge in [0.1, 0.15) is 11.2 Å². The van der Waals surface area contributed by atoms with Gasteiger partial charge in [0.05, 0.1) is 0 Å². The molecule has 1 aromatic heterocycles. The molecule has 0 aliphatic heterocycles. The zero-order valence-corrected chi connectivity index (χ0v) is 29.1. The van der Waals surface area contributed by atoms with Crippen LogP contribution in [0.5, 0.6) is 0 Å². The quantitative estimate of drug-likeness (QED) is 0.172. The van der Waals surface area contributed by atoms with Crippen molar-refractivity contribution in [1.82, 2.24) is 0 Å². The largest absolute Gasteiger partial charge is 0.455 e. The van der Waals surface area contributed by atoms with E-state index in [2.05, 4.69) is 178 Å². The predicted molar refractivity (Wildman–Crippen MR) is 220 cm³/mol. The molecule has 0 amide bonds. The molecule has 0 atom stereocenters. The van der Waals surface area contributed by atoms with Crippen LogP contribution in [0.2, 0.25) is 0 Å². The third-order valence-corrected chi connectivity index (χ3v) is 11.6. The van der Waals surface area contributed by atoms with Crippen molar-refractivity contribution in [3.8, 4) is 44.5 Å². The molecule has 11 rings (SSSR count). The van der Waals surface area contributed by atoms with E-state index >= 15 is 0 Å². The second-order valence-electron chi connectivity index (χ2n) is 14.8. The Balaban J connectivity index is 1.18. The average Bonchev–Trinajstić information content (AvgIpc) is 3.68. The van der Waals surface area contributed by atoms with Crippen molar-refractivity contribution in [3.63, 3.8) is 0 Å². The molecule has 1 aliphatic carbocycles. The van der Waals surface area contributed by atoms with E-state index in [1.165, 1.54) is 76.8 Å². The second-order valence-corrected chi connectivity index (χ2v) is 14.8. The molecule has 1 nitrogen and oxygen atoms in total. The molecule has 0 spiro atoms. The lowest BCUT2D eigenvalue weighted by Gasteiger charge is -2.23. The van der Waals surface area contributed by atoms with Crippen molar-refractivity contribution in [1.29, 1.82) is 0 Å². The summed E-state index contributed by atoms with van der Waals surface area (Å²) in [5.74, 6) is 0. The summed E-state index contributed by atoms with van der Waals surface area (Å²) in [5, 5.41) is 9.91. The van der Waals surface area contributed by atoms with Crippen molar-refractivity contribution in [2.24, 2.45) is 0 Å². The van der Waals surface area contributed by atoms with E-state index < -0.39 is 0 Å². The first-order chi connectivity index (χ1) is 25.6. The highest BCUT2D eigenvalue weighted by atomic mass is 16.3. The Labute approximate surface area is 302 Å². The van der Waals surface area contributed by atoms with Crippen LogP contribution in [0.3, 0.4) is 0 Å². The molecule has 9 aromatic carbocycles. The van der Waals surface area contributed by atoms with Gasteiger partial charge in [0.15, 0.2) is 0 Å². The Morgan fingerprint density at radius 3 is 1.67 bits per heavy atom. The van der Waals surface area contributed by atoms with Crippen LogP contribution >= 0.6 is 0 Å². The van der Waals surface area contributed by atoms with Crippen LogP contribution in [0.1, 0.15) is 25.0 Å². The van der Waals surface area contributed by atoms with Crippen LogP contribution in [0.4, 0.5) is 0 Å². The monoisotopic (exact) mass is 662 g/mol. The molecule has 0 radical (unpaired) electrons. The third-order valence-electron chi connectivity index (χ3n) is 11.6. The van der Waals surface area contributed by atoms with E-state index in [-0.39, 0.29) is 5.41 Å². The standard InChI is InChI=1S/C51H34O/c1-51(2)44-26-13-25-42(49(44)43-29-31-14-3-4-15-32(31)30-45(43)51)48-39-21-7-5-19-37(39)47(38-20-6-8-22-40(38)48)34-17-11-16-33(28-34)35-23-12-24-41-36-18-9-10-27-46(36)52-50(35)41/h3-30H,1-2H3. The van der Waals surface area contributed by atoms with Crippen molar-refractivity contribution in [2.75, 3.05) is 0 Å². The fraction of sp³-hybridized carbons (Fsp3) is 0.0588. The van der Waals surface area contributed by atoms with Crippen LogP contribution in [0.25, 0.3) is 98.8 Å². The van der Waals surface area contributed by atoms with Gasteiger partial charge in [-0.05, 0) is 107 Å². The van der Waals surface area contributed by atoms with E-state index in [0.717, 1.165) is 33.1 Å². The number of fused-ring (bicyclic) bond motifs is 9. The summed E-state index contributed by atoms with van der Waals surface area (Å²) in [7, 11) is 0. The molecule has 0 bridgehead atoms. The summed E-state index contributed by atoms with van der Waals surface area (Å²) in [6.45, 7) is 4.77. The normalized spacial score (nSPS) is 13.3. The Hall–Kier alpha value is -6.44. The lowest BCUT2D eigenvalue weighted by atomic mass is 9.80. The molecule has 1 heterocycles. The minimum Gasteiger partial charge on any atom is -0.455 e. The van der Waals surface area contributed by atoms with Crippen LogP contribution in [-0.2, 0) is 5.41 Å². The second kappa shape index (κ2) is 10.8. The number of furan rings is 1. The van der Waals surface area contributed by atoms with E-state index in [0.29, 0.717) is 0 Å². The van der Waals surface area contributed by atoms with Gasteiger partial charge in [-0.15, -0.1) is 0 Å². The van der Waals surface area contributed by atoms with Crippen molar-refractivity contribution >= 4 is 54.3 Å². The summed E-state index contributed by atoms with van der Waals surface area (Å²) in [6, 6.07) is 62.4. The fourth-order valence-corrected chi connectivity index (χ4v) is 9.23. The highest BCUT2D eigenvalue weighted by Gasteiger charge is 2.37. The number of hydrogen-bond acceptors (Lipinski definition) is 1. The summed E-state index contributed by atoms with van der Waals surface area (Å²) in [5.41, 5.74) is 14.5. The van der Waals surface area contributed by atoms with E-state index in [9.17, 15) is 0 Å². The zero-order chi connectivity index (χ0) is 34.6. The first kappa shape index (κ1) is 29.3. The summed E-state index contributed by atoms with van der Waals surface area (Å²) in [4.78, 5) is 0. The van der Waals surface area contributed by atoms with Crippen molar-refractivity contribution < 1.29 is 4.42 Å². The van der Waals surface area contributed by atoms with Gasteiger partial charge in [-0.3, -0.25) is 0 Å². The summed E-state index contributed by atoms with van der Waals surface area (Å²) in [6.07, 6.45) is 0. The van der Waals surface area contributed by atoms with Gasteiger partial charge < -0.3 is 4.42 Å². The third kappa shape index (κ3) is 4.05. The molecule has 0 unspecified atom stereocenters. The van der Waals surface area contributed by atoms with E-state index in [1.54, 1.807) is 0 Å². The summed E-state index contributed by atoms with van der Waals surface area (Å²) < 4.78 is 6.49. The zero-order valence-electron chi connectivity index (χ0n) is 29.1. The lowest BCUT2D eigenvalue weighted by molar-refractivity contribution is 0.661. The van der Waals surface area contributed by atoms with Crippen LogP contribution in [-0.4, -0.2) is 0 Å². The van der Waals surface area contributed by atoms with E-state index in [1.807, 2.05) is 6.07 Å². The molecule has 52 heavy (non-hydrogen) atoms. The van der Waals surface area contributed by atoms with Gasteiger partial charge in [0.2, 0.25) is 0 Å².